The Kier molecular flexibility index (Phi) is 4.31. The summed E-state index contributed by atoms with van der Waals surface area (Å²) in [5.41, 5.74) is 0.795. The van der Waals surface area contributed by atoms with Crippen LogP contribution in [0.1, 0.15) is 5.56 Å². The van der Waals surface area contributed by atoms with Crippen molar-refractivity contribution in [2.45, 2.75) is 4.90 Å². The zero-order chi connectivity index (χ0) is 15.5. The Morgan fingerprint density at radius 3 is 2.48 bits per heavy atom. The van der Waals surface area contributed by atoms with Gasteiger partial charge in [0.1, 0.15) is 10.7 Å². The van der Waals surface area contributed by atoms with Crippen LogP contribution in [0.4, 0.5) is 11.5 Å². The van der Waals surface area contributed by atoms with Gasteiger partial charge < -0.3 is 5.32 Å². The van der Waals surface area contributed by atoms with Gasteiger partial charge in [-0.05, 0) is 30.3 Å². The molecule has 0 aliphatic heterocycles. The van der Waals surface area contributed by atoms with Crippen molar-refractivity contribution < 1.29 is 8.42 Å². The number of nitrogens with zero attached hydrogens (tertiary/aromatic N) is 2. The van der Waals surface area contributed by atoms with Gasteiger partial charge in [-0.15, -0.1) is 0 Å². The van der Waals surface area contributed by atoms with Crippen molar-refractivity contribution in [2.75, 3.05) is 17.1 Å². The van der Waals surface area contributed by atoms with Gasteiger partial charge in [0, 0.05) is 18.9 Å². The van der Waals surface area contributed by atoms with Crippen molar-refractivity contribution in [3.63, 3.8) is 0 Å². The first-order chi connectivity index (χ1) is 9.96. The molecule has 1 aromatic carbocycles. The third-order valence-corrected chi connectivity index (χ3v) is 4.27. The average molecular weight is 323 g/mol. The molecule has 0 saturated heterocycles. The maximum Gasteiger partial charge on any atom is 0.263 e. The molecule has 8 heteroatoms. The molecule has 0 unspecified atom stereocenters. The fourth-order valence-electron chi connectivity index (χ4n) is 1.58. The maximum atomic E-state index is 12.2. The predicted molar refractivity (Wildman–Crippen MR) is 80.8 cm³/mol. The van der Waals surface area contributed by atoms with E-state index in [1.807, 2.05) is 6.07 Å². The van der Waals surface area contributed by atoms with Crippen LogP contribution in [-0.4, -0.2) is 20.4 Å². The second-order valence-corrected chi connectivity index (χ2v) is 6.14. The maximum absolute atomic E-state index is 12.2. The number of benzene rings is 1. The van der Waals surface area contributed by atoms with Gasteiger partial charge in [-0.1, -0.05) is 11.6 Å². The second kappa shape index (κ2) is 5.99. The van der Waals surface area contributed by atoms with Crippen LogP contribution in [-0.2, 0) is 10.0 Å². The molecule has 1 aromatic heterocycles. The highest BCUT2D eigenvalue weighted by atomic mass is 35.5. The van der Waals surface area contributed by atoms with Crippen LogP contribution in [0, 0.1) is 11.3 Å². The number of rotatable bonds is 4. The molecule has 0 saturated carbocycles. The Balaban J connectivity index is 2.29. The summed E-state index contributed by atoms with van der Waals surface area (Å²) in [4.78, 5) is 3.88. The SMILES string of the molecule is CNc1ncc(S(=O)(=O)Nc2ccc(C#N)cc2)cc1Cl. The van der Waals surface area contributed by atoms with Crippen molar-refractivity contribution in [2.24, 2.45) is 0 Å². The number of nitriles is 1. The summed E-state index contributed by atoms with van der Waals surface area (Å²) in [7, 11) is -2.15. The lowest BCUT2D eigenvalue weighted by Gasteiger charge is -2.09. The van der Waals surface area contributed by atoms with Crippen molar-refractivity contribution in [1.29, 1.82) is 5.26 Å². The highest BCUT2D eigenvalue weighted by Crippen LogP contribution is 2.23. The van der Waals surface area contributed by atoms with Gasteiger partial charge in [0.15, 0.2) is 0 Å². The Morgan fingerprint density at radius 1 is 1.29 bits per heavy atom. The predicted octanol–water partition coefficient (Wildman–Crippen LogP) is 2.45. The van der Waals surface area contributed by atoms with Crippen molar-refractivity contribution in [3.05, 3.63) is 47.1 Å². The van der Waals surface area contributed by atoms with Crippen LogP contribution in [0.15, 0.2) is 41.4 Å². The number of aromatic nitrogens is 1. The summed E-state index contributed by atoms with van der Waals surface area (Å²) in [5.74, 6) is 0.397. The number of sulfonamides is 1. The summed E-state index contributed by atoms with van der Waals surface area (Å²) < 4.78 is 26.8. The Bertz CT molecular complexity index is 798. The number of anilines is 2. The largest absolute Gasteiger partial charge is 0.372 e. The van der Waals surface area contributed by atoms with E-state index in [0.717, 1.165) is 0 Å². The van der Waals surface area contributed by atoms with E-state index in [4.69, 9.17) is 16.9 Å². The van der Waals surface area contributed by atoms with Crippen LogP contribution in [0.25, 0.3) is 0 Å². The first-order valence-electron chi connectivity index (χ1n) is 5.82. The summed E-state index contributed by atoms with van der Waals surface area (Å²) >= 11 is 5.92. The average Bonchev–Trinajstić information content (AvgIpc) is 2.47. The van der Waals surface area contributed by atoms with Crippen molar-refractivity contribution in [3.8, 4) is 6.07 Å². The first-order valence-corrected chi connectivity index (χ1v) is 7.68. The number of hydrogen-bond acceptors (Lipinski definition) is 5. The third-order valence-electron chi connectivity index (χ3n) is 2.63. The third kappa shape index (κ3) is 3.42. The van der Waals surface area contributed by atoms with Crippen LogP contribution < -0.4 is 10.0 Å². The molecule has 0 aliphatic rings. The summed E-state index contributed by atoms with van der Waals surface area (Å²) in [6, 6.07) is 9.33. The van der Waals surface area contributed by atoms with Gasteiger partial charge in [-0.2, -0.15) is 5.26 Å². The number of halogens is 1. The lowest BCUT2D eigenvalue weighted by atomic mass is 10.2. The van der Waals surface area contributed by atoms with E-state index >= 15 is 0 Å². The van der Waals surface area contributed by atoms with E-state index in [2.05, 4.69) is 15.0 Å². The van der Waals surface area contributed by atoms with Crippen molar-refractivity contribution >= 4 is 33.1 Å². The molecular formula is C13H11ClN4O2S. The lowest BCUT2D eigenvalue weighted by molar-refractivity contribution is 0.601. The molecule has 0 amide bonds. The molecule has 0 bridgehead atoms. The molecule has 21 heavy (non-hydrogen) atoms. The Morgan fingerprint density at radius 2 is 1.95 bits per heavy atom. The number of pyridine rings is 1. The van der Waals surface area contributed by atoms with Gasteiger partial charge in [0.05, 0.1) is 16.7 Å². The molecule has 0 fully saturated rings. The fraction of sp³-hybridized carbons (Fsp3) is 0.0769. The van der Waals surface area contributed by atoms with Gasteiger partial charge in [-0.3, -0.25) is 4.72 Å². The molecule has 2 aromatic rings. The first kappa shape index (κ1) is 15.1. The molecule has 0 radical (unpaired) electrons. The minimum Gasteiger partial charge on any atom is -0.372 e. The summed E-state index contributed by atoms with van der Waals surface area (Å²) in [6.07, 6.45) is 1.21. The van der Waals surface area contributed by atoms with E-state index < -0.39 is 10.0 Å². The van der Waals surface area contributed by atoms with Crippen LogP contribution in [0.2, 0.25) is 5.02 Å². The molecule has 0 spiro atoms. The second-order valence-electron chi connectivity index (χ2n) is 4.05. The molecule has 0 aliphatic carbocycles. The normalized spacial score (nSPS) is 10.7. The highest BCUT2D eigenvalue weighted by molar-refractivity contribution is 7.92. The molecular weight excluding hydrogens is 312 g/mol. The topological polar surface area (TPSA) is 94.9 Å². The zero-order valence-electron chi connectivity index (χ0n) is 11.0. The van der Waals surface area contributed by atoms with Gasteiger partial charge in [0.25, 0.3) is 10.0 Å². The van der Waals surface area contributed by atoms with Crippen molar-refractivity contribution in [1.82, 2.24) is 4.98 Å². The Labute approximate surface area is 127 Å². The van der Waals surface area contributed by atoms with Gasteiger partial charge in [-0.25, -0.2) is 13.4 Å². The van der Waals surface area contributed by atoms with Crippen LogP contribution in [0.3, 0.4) is 0 Å². The van der Waals surface area contributed by atoms with Crippen LogP contribution in [0.5, 0.6) is 0 Å². The minimum absolute atomic E-state index is 0.0455. The lowest BCUT2D eigenvalue weighted by Crippen LogP contribution is -2.13. The smallest absolute Gasteiger partial charge is 0.263 e. The minimum atomic E-state index is -3.79. The Hall–Kier alpha value is -2.30. The quantitative estimate of drug-likeness (QED) is 0.901. The van der Waals surface area contributed by atoms with E-state index in [1.165, 1.54) is 36.5 Å². The molecule has 1 heterocycles. The standard InChI is InChI=1S/C13H11ClN4O2S/c1-16-13-12(14)6-11(8-17-13)21(19,20)18-10-4-2-9(7-15)3-5-10/h2-6,8,18H,1H3,(H,16,17). The van der Waals surface area contributed by atoms with Crippen LogP contribution >= 0.6 is 11.6 Å². The molecule has 108 valence electrons. The molecule has 0 atom stereocenters. The van der Waals surface area contributed by atoms with E-state index in [1.54, 1.807) is 7.05 Å². The van der Waals surface area contributed by atoms with E-state index in [9.17, 15) is 8.42 Å². The fourth-order valence-corrected chi connectivity index (χ4v) is 2.93. The molecule has 2 rings (SSSR count). The monoisotopic (exact) mass is 322 g/mol. The molecule has 6 nitrogen and oxygen atoms in total. The number of hydrogen-bond donors (Lipinski definition) is 2. The van der Waals surface area contributed by atoms with Gasteiger partial charge in [0.2, 0.25) is 0 Å². The zero-order valence-corrected chi connectivity index (χ0v) is 12.5. The summed E-state index contributed by atoms with van der Waals surface area (Å²) in [6.45, 7) is 0. The summed E-state index contributed by atoms with van der Waals surface area (Å²) in [5, 5.41) is 11.7. The van der Waals surface area contributed by atoms with Gasteiger partial charge >= 0.3 is 0 Å². The van der Waals surface area contributed by atoms with E-state index in [0.29, 0.717) is 17.1 Å². The number of nitrogens with one attached hydrogen (secondary N) is 2. The van der Waals surface area contributed by atoms with E-state index in [-0.39, 0.29) is 9.92 Å². The highest BCUT2D eigenvalue weighted by Gasteiger charge is 2.16. The molecule has 2 N–H and O–H groups in total.